The van der Waals surface area contributed by atoms with Gasteiger partial charge in [-0.05, 0) is 53.0 Å². The molecule has 0 amide bonds. The lowest BCUT2D eigenvalue weighted by molar-refractivity contribution is -0.139. The zero-order valence-electron chi connectivity index (χ0n) is 11.6. The van der Waals surface area contributed by atoms with E-state index in [9.17, 15) is 13.2 Å². The predicted octanol–water partition coefficient (Wildman–Crippen LogP) is 4.32. The van der Waals surface area contributed by atoms with Gasteiger partial charge in [-0.25, -0.2) is 0 Å². The minimum atomic E-state index is -4.16. The Balaban J connectivity index is 2.75. The van der Waals surface area contributed by atoms with Crippen molar-refractivity contribution in [2.24, 2.45) is 0 Å². The van der Waals surface area contributed by atoms with Crippen LogP contribution in [0.4, 0.5) is 13.2 Å². The molecule has 0 heterocycles. The quantitative estimate of drug-likeness (QED) is 0.788. The van der Waals surface area contributed by atoms with Gasteiger partial charge in [0.1, 0.15) is 5.75 Å². The Labute approximate surface area is 125 Å². The lowest BCUT2D eigenvalue weighted by atomic mass is 10.0. The summed E-state index contributed by atoms with van der Waals surface area (Å²) in [6, 6.07) is 4.75. The Morgan fingerprint density at radius 2 is 2.05 bits per heavy atom. The number of nitrogens with one attached hydrogen (secondary N) is 1. The molecule has 1 aromatic rings. The van der Waals surface area contributed by atoms with Crippen LogP contribution in [-0.2, 0) is 6.42 Å². The Kier molecular flexibility index (Phi) is 6.82. The Morgan fingerprint density at radius 1 is 1.35 bits per heavy atom. The lowest BCUT2D eigenvalue weighted by Crippen LogP contribution is -2.36. The number of halogens is 4. The lowest BCUT2D eigenvalue weighted by Gasteiger charge is -2.20. The maximum absolute atomic E-state index is 12.6. The van der Waals surface area contributed by atoms with Crippen LogP contribution in [0.3, 0.4) is 0 Å². The number of hydrogen-bond acceptors (Lipinski definition) is 2. The second-order valence-electron chi connectivity index (χ2n) is 4.64. The van der Waals surface area contributed by atoms with Gasteiger partial charge in [0, 0.05) is 6.04 Å². The number of rotatable bonds is 7. The van der Waals surface area contributed by atoms with Gasteiger partial charge in [0.25, 0.3) is 0 Å². The van der Waals surface area contributed by atoms with E-state index in [4.69, 9.17) is 4.74 Å². The second kappa shape index (κ2) is 7.88. The smallest absolute Gasteiger partial charge is 0.390 e. The minimum absolute atomic E-state index is 0.335. The highest BCUT2D eigenvalue weighted by molar-refractivity contribution is 9.10. The monoisotopic (exact) mass is 353 g/mol. The molecule has 0 spiro atoms. The molecule has 114 valence electrons. The molecule has 1 rings (SSSR count). The van der Waals surface area contributed by atoms with Gasteiger partial charge >= 0.3 is 6.18 Å². The van der Waals surface area contributed by atoms with Crippen LogP contribution in [0.5, 0.6) is 5.75 Å². The molecule has 6 heteroatoms. The SMILES string of the molecule is CCCNC(Cc1ccc(OC)c(Br)c1)CC(F)(F)F. The molecule has 0 fully saturated rings. The van der Waals surface area contributed by atoms with E-state index in [2.05, 4.69) is 21.2 Å². The van der Waals surface area contributed by atoms with Crippen LogP contribution >= 0.6 is 15.9 Å². The van der Waals surface area contributed by atoms with E-state index in [0.29, 0.717) is 18.7 Å². The van der Waals surface area contributed by atoms with Crippen molar-refractivity contribution in [2.45, 2.75) is 38.4 Å². The largest absolute Gasteiger partial charge is 0.496 e. The van der Waals surface area contributed by atoms with Crippen LogP contribution in [0, 0.1) is 0 Å². The van der Waals surface area contributed by atoms with Crippen molar-refractivity contribution in [3.63, 3.8) is 0 Å². The zero-order valence-corrected chi connectivity index (χ0v) is 13.1. The molecule has 0 saturated carbocycles. The molecule has 0 aliphatic rings. The molecule has 0 bridgehead atoms. The molecular formula is C14H19BrF3NO. The summed E-state index contributed by atoms with van der Waals surface area (Å²) in [4.78, 5) is 0. The van der Waals surface area contributed by atoms with Gasteiger partial charge < -0.3 is 10.1 Å². The molecule has 0 aliphatic heterocycles. The summed E-state index contributed by atoms with van der Waals surface area (Å²) < 4.78 is 43.6. The normalized spacial score (nSPS) is 13.3. The van der Waals surface area contributed by atoms with Crippen molar-refractivity contribution in [2.75, 3.05) is 13.7 Å². The van der Waals surface area contributed by atoms with Gasteiger partial charge in [0.2, 0.25) is 0 Å². The van der Waals surface area contributed by atoms with Crippen molar-refractivity contribution in [3.8, 4) is 5.75 Å². The molecule has 2 nitrogen and oxygen atoms in total. The highest BCUT2D eigenvalue weighted by Gasteiger charge is 2.31. The maximum atomic E-state index is 12.6. The van der Waals surface area contributed by atoms with Crippen molar-refractivity contribution in [3.05, 3.63) is 28.2 Å². The number of benzene rings is 1. The van der Waals surface area contributed by atoms with Gasteiger partial charge in [0.15, 0.2) is 0 Å². The van der Waals surface area contributed by atoms with Crippen LogP contribution in [0.25, 0.3) is 0 Å². The fourth-order valence-corrected chi connectivity index (χ4v) is 2.55. The van der Waals surface area contributed by atoms with Crippen LogP contribution in [0.15, 0.2) is 22.7 Å². The molecule has 0 aromatic heterocycles. The first-order valence-electron chi connectivity index (χ1n) is 6.48. The van der Waals surface area contributed by atoms with Gasteiger partial charge in [-0.2, -0.15) is 13.2 Å². The number of methoxy groups -OCH3 is 1. The summed E-state index contributed by atoms with van der Waals surface area (Å²) in [5.74, 6) is 0.669. The standard InChI is InChI=1S/C14H19BrF3NO/c1-3-6-19-11(9-14(16,17)18)7-10-4-5-13(20-2)12(15)8-10/h4-5,8,11,19H,3,6-7,9H2,1-2H3. The molecule has 0 saturated heterocycles. The van der Waals surface area contributed by atoms with Crippen molar-refractivity contribution in [1.29, 1.82) is 0 Å². The first kappa shape index (κ1) is 17.3. The highest BCUT2D eigenvalue weighted by atomic mass is 79.9. The van der Waals surface area contributed by atoms with Crippen LogP contribution in [-0.4, -0.2) is 25.9 Å². The summed E-state index contributed by atoms with van der Waals surface area (Å²) in [5, 5.41) is 2.96. The van der Waals surface area contributed by atoms with Crippen molar-refractivity contribution < 1.29 is 17.9 Å². The van der Waals surface area contributed by atoms with E-state index in [1.165, 1.54) is 0 Å². The van der Waals surface area contributed by atoms with Crippen LogP contribution in [0.1, 0.15) is 25.3 Å². The summed E-state index contributed by atoms with van der Waals surface area (Å²) in [7, 11) is 1.55. The third-order valence-corrected chi connectivity index (χ3v) is 3.48. The number of alkyl halides is 3. The highest BCUT2D eigenvalue weighted by Crippen LogP contribution is 2.28. The first-order valence-corrected chi connectivity index (χ1v) is 7.27. The van der Waals surface area contributed by atoms with E-state index in [-0.39, 0.29) is 0 Å². The number of hydrogen-bond donors (Lipinski definition) is 1. The number of ether oxygens (including phenoxy) is 1. The average molecular weight is 354 g/mol. The molecular weight excluding hydrogens is 335 g/mol. The second-order valence-corrected chi connectivity index (χ2v) is 5.50. The van der Waals surface area contributed by atoms with Gasteiger partial charge in [0.05, 0.1) is 18.0 Å². The third kappa shape index (κ3) is 6.13. The Hall–Kier alpha value is -0.750. The fraction of sp³-hybridized carbons (Fsp3) is 0.571. The van der Waals surface area contributed by atoms with Crippen molar-refractivity contribution >= 4 is 15.9 Å². The first-order chi connectivity index (χ1) is 9.35. The van der Waals surface area contributed by atoms with Gasteiger partial charge in [-0.15, -0.1) is 0 Å². The predicted molar refractivity (Wildman–Crippen MR) is 77.2 cm³/mol. The average Bonchev–Trinajstić information content (AvgIpc) is 2.34. The minimum Gasteiger partial charge on any atom is -0.496 e. The van der Waals surface area contributed by atoms with E-state index in [1.54, 1.807) is 25.3 Å². The van der Waals surface area contributed by atoms with E-state index < -0.39 is 18.6 Å². The topological polar surface area (TPSA) is 21.3 Å². The summed E-state index contributed by atoms with van der Waals surface area (Å²) in [6.45, 7) is 2.51. The fourth-order valence-electron chi connectivity index (χ4n) is 1.97. The summed E-state index contributed by atoms with van der Waals surface area (Å²) >= 11 is 3.34. The van der Waals surface area contributed by atoms with Crippen LogP contribution < -0.4 is 10.1 Å². The van der Waals surface area contributed by atoms with Crippen LogP contribution in [0.2, 0.25) is 0 Å². The maximum Gasteiger partial charge on any atom is 0.390 e. The molecule has 1 aromatic carbocycles. The Morgan fingerprint density at radius 3 is 2.55 bits per heavy atom. The van der Waals surface area contributed by atoms with Gasteiger partial charge in [-0.1, -0.05) is 13.0 Å². The third-order valence-electron chi connectivity index (χ3n) is 2.86. The van der Waals surface area contributed by atoms with Gasteiger partial charge in [-0.3, -0.25) is 0 Å². The Bertz CT molecular complexity index is 423. The molecule has 1 unspecified atom stereocenters. The molecule has 20 heavy (non-hydrogen) atoms. The van der Waals surface area contributed by atoms with E-state index >= 15 is 0 Å². The van der Waals surface area contributed by atoms with Crippen molar-refractivity contribution in [1.82, 2.24) is 5.32 Å². The summed E-state index contributed by atoms with van der Waals surface area (Å²) in [6.07, 6.45) is -3.84. The molecule has 1 N–H and O–H groups in total. The summed E-state index contributed by atoms with van der Waals surface area (Å²) in [5.41, 5.74) is 0.843. The molecule has 1 atom stereocenters. The molecule has 0 aliphatic carbocycles. The van der Waals surface area contributed by atoms with E-state index in [1.807, 2.05) is 6.92 Å². The molecule has 0 radical (unpaired) electrons. The zero-order chi connectivity index (χ0) is 15.2. The van der Waals surface area contributed by atoms with E-state index in [0.717, 1.165) is 16.5 Å².